The summed E-state index contributed by atoms with van der Waals surface area (Å²) in [5.41, 5.74) is 5.44. The molecular weight excluding hydrogens is 322 g/mol. The lowest BCUT2D eigenvalue weighted by atomic mass is 9.87. The minimum atomic E-state index is -0.344. The van der Waals surface area contributed by atoms with Gasteiger partial charge in [0.1, 0.15) is 5.69 Å². The van der Waals surface area contributed by atoms with Crippen molar-refractivity contribution in [3.63, 3.8) is 0 Å². The van der Waals surface area contributed by atoms with Crippen LogP contribution in [0.2, 0.25) is 0 Å². The van der Waals surface area contributed by atoms with Gasteiger partial charge in [-0.05, 0) is 38.1 Å². The molecule has 2 bridgehead atoms. The van der Waals surface area contributed by atoms with E-state index in [1.807, 2.05) is 6.07 Å². The van der Waals surface area contributed by atoms with E-state index in [1.165, 1.54) is 0 Å². The summed E-state index contributed by atoms with van der Waals surface area (Å²) in [6, 6.07) is 5.30. The van der Waals surface area contributed by atoms with E-state index in [0.29, 0.717) is 24.8 Å². The average molecular weight is 345 g/mol. The van der Waals surface area contributed by atoms with Crippen molar-refractivity contribution in [3.05, 3.63) is 28.3 Å². The smallest absolute Gasteiger partial charge is 0.296 e. The number of nitrogens with zero attached hydrogens (tertiary/aromatic N) is 4. The molecule has 1 aromatic carbocycles. The maximum Gasteiger partial charge on any atom is 0.296 e. The van der Waals surface area contributed by atoms with Crippen LogP contribution in [0.25, 0.3) is 0 Å². The summed E-state index contributed by atoms with van der Waals surface area (Å²) in [4.78, 5) is 15.7. The molecule has 0 amide bonds. The van der Waals surface area contributed by atoms with Crippen LogP contribution < -0.4 is 10.3 Å². The summed E-state index contributed by atoms with van der Waals surface area (Å²) in [6.07, 6.45) is 2.27. The van der Waals surface area contributed by atoms with Gasteiger partial charge in [0.2, 0.25) is 0 Å². The first kappa shape index (κ1) is 16.3. The lowest BCUT2D eigenvalue weighted by molar-refractivity contribution is -0.383. The molecule has 0 unspecified atom stereocenters. The number of fused-ring (bicyclic) bond motifs is 3. The Bertz CT molecular complexity index is 679. The van der Waals surface area contributed by atoms with Gasteiger partial charge in [0.05, 0.1) is 23.8 Å². The van der Waals surface area contributed by atoms with Crippen molar-refractivity contribution in [2.75, 3.05) is 56.3 Å². The van der Waals surface area contributed by atoms with Gasteiger partial charge < -0.3 is 9.64 Å². The Morgan fingerprint density at radius 2 is 1.96 bits per heavy atom. The molecule has 0 atom stereocenters. The number of morpholine rings is 1. The first-order valence-electron chi connectivity index (χ1n) is 8.86. The minimum absolute atomic E-state index is 0.0645. The number of rotatable bonds is 4. The van der Waals surface area contributed by atoms with Crippen molar-refractivity contribution in [2.45, 2.75) is 12.8 Å². The van der Waals surface area contributed by atoms with E-state index < -0.39 is 0 Å². The molecule has 4 fully saturated rings. The number of ether oxygens (including phenoxy) is 1. The molecular formula is C17H23N5O3. The van der Waals surface area contributed by atoms with Crippen LogP contribution in [0.3, 0.4) is 0 Å². The minimum Gasteiger partial charge on any atom is -0.378 e. The Hall–Kier alpha value is -2.19. The standard InChI is InChI=1S/C17H23N5O3/c23-22(24)17-11-14(21-7-9-25-10-8-21)1-2-15(17)18-19-16-12-20-5-3-13(16)4-6-20/h1-2,11,13,18H,3-10,12H2. The molecule has 1 aromatic rings. The molecule has 0 saturated carbocycles. The number of hydrogen-bond acceptors (Lipinski definition) is 7. The quantitative estimate of drug-likeness (QED) is 0.663. The molecule has 8 heteroatoms. The summed E-state index contributed by atoms with van der Waals surface area (Å²) >= 11 is 0. The van der Waals surface area contributed by atoms with Crippen molar-refractivity contribution in [2.24, 2.45) is 11.0 Å². The summed E-state index contributed by atoms with van der Waals surface area (Å²) in [7, 11) is 0. The highest BCUT2D eigenvalue weighted by atomic mass is 16.6. The van der Waals surface area contributed by atoms with E-state index in [-0.39, 0.29) is 10.6 Å². The second kappa shape index (κ2) is 6.97. The summed E-state index contributed by atoms with van der Waals surface area (Å²) in [5, 5.41) is 16.0. The molecule has 4 heterocycles. The van der Waals surface area contributed by atoms with Crippen molar-refractivity contribution in [1.82, 2.24) is 4.90 Å². The second-order valence-electron chi connectivity index (χ2n) is 6.82. The highest BCUT2D eigenvalue weighted by molar-refractivity contribution is 5.90. The third-order valence-electron chi connectivity index (χ3n) is 5.32. The van der Waals surface area contributed by atoms with E-state index in [0.717, 1.165) is 57.0 Å². The summed E-state index contributed by atoms with van der Waals surface area (Å²) in [6.45, 7) is 5.96. The maximum absolute atomic E-state index is 11.5. The van der Waals surface area contributed by atoms with E-state index in [9.17, 15) is 10.1 Å². The van der Waals surface area contributed by atoms with Crippen LogP contribution >= 0.6 is 0 Å². The van der Waals surface area contributed by atoms with E-state index >= 15 is 0 Å². The largest absolute Gasteiger partial charge is 0.378 e. The lowest BCUT2D eigenvalue weighted by Gasteiger charge is -2.39. The molecule has 4 aliphatic rings. The Morgan fingerprint density at radius 1 is 1.20 bits per heavy atom. The van der Waals surface area contributed by atoms with Crippen molar-refractivity contribution in [3.8, 4) is 0 Å². The molecule has 0 aliphatic carbocycles. The Morgan fingerprint density at radius 3 is 2.60 bits per heavy atom. The molecule has 0 spiro atoms. The number of nitrogens with one attached hydrogen (secondary N) is 1. The third kappa shape index (κ3) is 3.45. The van der Waals surface area contributed by atoms with Gasteiger partial charge in [0.15, 0.2) is 0 Å². The molecule has 0 radical (unpaired) electrons. The van der Waals surface area contributed by atoms with Crippen LogP contribution in [0.15, 0.2) is 23.3 Å². The van der Waals surface area contributed by atoms with E-state index in [1.54, 1.807) is 12.1 Å². The Labute approximate surface area is 146 Å². The zero-order chi connectivity index (χ0) is 17.2. The van der Waals surface area contributed by atoms with Crippen molar-refractivity contribution >= 4 is 22.8 Å². The fourth-order valence-electron chi connectivity index (χ4n) is 3.83. The van der Waals surface area contributed by atoms with Crippen molar-refractivity contribution < 1.29 is 9.66 Å². The third-order valence-corrected chi connectivity index (χ3v) is 5.32. The summed E-state index contributed by atoms with van der Waals surface area (Å²) < 4.78 is 5.34. The normalized spacial score (nSPS) is 27.5. The van der Waals surface area contributed by atoms with Gasteiger partial charge in [-0.15, -0.1) is 0 Å². The number of piperidine rings is 3. The number of nitro benzene ring substituents is 1. The Kier molecular flexibility index (Phi) is 4.54. The number of anilines is 2. The van der Waals surface area contributed by atoms with Gasteiger partial charge in [-0.3, -0.25) is 20.4 Å². The number of hydrogen-bond donors (Lipinski definition) is 1. The molecule has 5 rings (SSSR count). The van der Waals surface area contributed by atoms with Crippen molar-refractivity contribution in [1.29, 1.82) is 0 Å². The predicted molar refractivity (Wildman–Crippen MR) is 96.4 cm³/mol. The zero-order valence-corrected chi connectivity index (χ0v) is 14.2. The van der Waals surface area contributed by atoms with Crippen LogP contribution in [0.5, 0.6) is 0 Å². The fraction of sp³-hybridized carbons (Fsp3) is 0.588. The van der Waals surface area contributed by atoms with Crippen LogP contribution in [0, 0.1) is 16.0 Å². The van der Waals surface area contributed by atoms with Gasteiger partial charge in [-0.25, -0.2) is 0 Å². The first-order chi connectivity index (χ1) is 12.2. The molecule has 25 heavy (non-hydrogen) atoms. The first-order valence-corrected chi connectivity index (χ1v) is 8.86. The molecule has 0 aromatic heterocycles. The van der Waals surface area contributed by atoms with E-state index in [2.05, 4.69) is 20.3 Å². The Balaban J connectivity index is 1.53. The average Bonchev–Trinajstić information content (AvgIpc) is 2.68. The van der Waals surface area contributed by atoms with Gasteiger partial charge in [-0.1, -0.05) is 0 Å². The van der Waals surface area contributed by atoms with Gasteiger partial charge in [0, 0.05) is 37.3 Å². The van der Waals surface area contributed by atoms with Crippen LogP contribution in [-0.2, 0) is 4.74 Å². The van der Waals surface area contributed by atoms with Gasteiger partial charge in [0.25, 0.3) is 5.69 Å². The van der Waals surface area contributed by atoms with Crippen LogP contribution in [0.4, 0.5) is 17.1 Å². The zero-order valence-electron chi connectivity index (χ0n) is 14.2. The molecule has 8 nitrogen and oxygen atoms in total. The highest BCUT2D eigenvalue weighted by Crippen LogP contribution is 2.31. The topological polar surface area (TPSA) is 83.2 Å². The van der Waals surface area contributed by atoms with Gasteiger partial charge in [-0.2, -0.15) is 5.10 Å². The number of nitro groups is 1. The van der Waals surface area contributed by atoms with Crippen LogP contribution in [-0.4, -0.2) is 61.5 Å². The lowest BCUT2D eigenvalue weighted by Crippen LogP contribution is -2.48. The number of hydrazone groups is 1. The van der Waals surface area contributed by atoms with Gasteiger partial charge >= 0.3 is 0 Å². The highest BCUT2D eigenvalue weighted by Gasteiger charge is 2.31. The predicted octanol–water partition coefficient (Wildman–Crippen LogP) is 1.92. The monoisotopic (exact) mass is 345 g/mol. The number of benzene rings is 1. The molecule has 1 N–H and O–H groups in total. The maximum atomic E-state index is 11.5. The molecule has 4 saturated heterocycles. The van der Waals surface area contributed by atoms with E-state index in [4.69, 9.17) is 4.74 Å². The second-order valence-corrected chi connectivity index (χ2v) is 6.82. The molecule has 4 aliphatic heterocycles. The summed E-state index contributed by atoms with van der Waals surface area (Å²) in [5.74, 6) is 0.518. The SMILES string of the molecule is O=[N+]([O-])c1cc(N2CCOCC2)ccc1NN=C1CN2CCC1CC2. The molecule has 134 valence electrons. The van der Waals surface area contributed by atoms with Crippen LogP contribution in [0.1, 0.15) is 12.8 Å². The fourth-order valence-corrected chi connectivity index (χ4v) is 3.83.